The summed E-state index contributed by atoms with van der Waals surface area (Å²) in [6.07, 6.45) is 5.09. The summed E-state index contributed by atoms with van der Waals surface area (Å²) in [7, 11) is 0. The van der Waals surface area contributed by atoms with Crippen LogP contribution in [0.1, 0.15) is 26.2 Å². The third-order valence-electron chi connectivity index (χ3n) is 4.28. The molecule has 1 aliphatic rings. The molecule has 1 aromatic heterocycles. The van der Waals surface area contributed by atoms with E-state index >= 15 is 0 Å². The minimum absolute atomic E-state index is 0.152. The van der Waals surface area contributed by atoms with Crippen molar-refractivity contribution in [2.75, 3.05) is 22.5 Å². The summed E-state index contributed by atoms with van der Waals surface area (Å²) in [6.45, 7) is 3.19. The fourth-order valence-corrected chi connectivity index (χ4v) is 3.75. The molecule has 1 fully saturated rings. The van der Waals surface area contributed by atoms with Gasteiger partial charge in [-0.15, -0.1) is 0 Å². The average molecular weight is 395 g/mol. The predicted molar refractivity (Wildman–Crippen MR) is 103 cm³/mol. The van der Waals surface area contributed by atoms with Crippen molar-refractivity contribution in [1.82, 2.24) is 9.97 Å². The number of aromatic nitrogens is 2. The summed E-state index contributed by atoms with van der Waals surface area (Å²) < 4.78 is 13.3. The van der Waals surface area contributed by atoms with Crippen LogP contribution in [0, 0.1) is 5.82 Å². The molecule has 2 aromatic rings. The number of amides is 1. The lowest BCUT2D eigenvalue weighted by Gasteiger charge is -2.34. The van der Waals surface area contributed by atoms with Gasteiger partial charge in [0.15, 0.2) is 0 Å². The highest BCUT2D eigenvalue weighted by molar-refractivity contribution is 7.99. The van der Waals surface area contributed by atoms with Gasteiger partial charge >= 0.3 is 0 Å². The molecule has 5 nitrogen and oxygen atoms in total. The van der Waals surface area contributed by atoms with Crippen LogP contribution < -0.4 is 10.2 Å². The maximum absolute atomic E-state index is 13.3. The van der Waals surface area contributed by atoms with Crippen LogP contribution in [0.2, 0.25) is 5.02 Å². The first-order valence-corrected chi connectivity index (χ1v) is 9.85. The average Bonchev–Trinajstić information content (AvgIpc) is 2.64. The summed E-state index contributed by atoms with van der Waals surface area (Å²) in [4.78, 5) is 23.0. The number of rotatable bonds is 5. The lowest BCUT2D eigenvalue weighted by molar-refractivity contribution is -0.113. The molecular weight excluding hydrogens is 375 g/mol. The molecule has 0 aliphatic carbocycles. The normalized spacial score (nSPS) is 17.2. The van der Waals surface area contributed by atoms with Crippen molar-refractivity contribution in [2.45, 2.75) is 37.3 Å². The Balaban J connectivity index is 1.60. The van der Waals surface area contributed by atoms with Crippen molar-refractivity contribution in [1.29, 1.82) is 0 Å². The van der Waals surface area contributed by atoms with Gasteiger partial charge in [-0.05, 0) is 44.4 Å². The fraction of sp³-hybridized carbons (Fsp3) is 0.389. The summed E-state index contributed by atoms with van der Waals surface area (Å²) in [6, 6.07) is 6.22. The van der Waals surface area contributed by atoms with E-state index in [4.69, 9.17) is 11.6 Å². The van der Waals surface area contributed by atoms with Crippen molar-refractivity contribution in [3.05, 3.63) is 41.4 Å². The number of nitrogens with zero attached hydrogens (tertiary/aromatic N) is 3. The molecule has 0 unspecified atom stereocenters. The second kappa shape index (κ2) is 8.68. The number of carbonyl (C=O) groups excluding carboxylic acids is 1. The molecule has 0 spiro atoms. The topological polar surface area (TPSA) is 58.1 Å². The van der Waals surface area contributed by atoms with E-state index in [0.717, 1.165) is 30.2 Å². The zero-order chi connectivity index (χ0) is 18.5. The predicted octanol–water partition coefficient (Wildman–Crippen LogP) is 4.38. The van der Waals surface area contributed by atoms with Crippen LogP contribution in [-0.2, 0) is 4.79 Å². The Kier molecular flexibility index (Phi) is 6.32. The minimum Gasteiger partial charge on any atom is -0.354 e. The Labute approximate surface area is 161 Å². The summed E-state index contributed by atoms with van der Waals surface area (Å²) in [5, 5.41) is 3.65. The summed E-state index contributed by atoms with van der Waals surface area (Å²) >= 11 is 7.27. The number of halogens is 2. The number of benzene rings is 1. The van der Waals surface area contributed by atoms with Crippen LogP contribution in [-0.4, -0.2) is 34.2 Å². The molecule has 0 saturated carbocycles. The van der Waals surface area contributed by atoms with Crippen molar-refractivity contribution < 1.29 is 9.18 Å². The summed E-state index contributed by atoms with van der Waals surface area (Å²) in [5.41, 5.74) is 0.266. The van der Waals surface area contributed by atoms with Crippen molar-refractivity contribution in [2.24, 2.45) is 0 Å². The van der Waals surface area contributed by atoms with Crippen LogP contribution in [0.4, 0.5) is 15.9 Å². The lowest BCUT2D eigenvalue weighted by Crippen LogP contribution is -2.38. The first kappa shape index (κ1) is 18.9. The lowest BCUT2D eigenvalue weighted by atomic mass is 10.0. The van der Waals surface area contributed by atoms with E-state index in [2.05, 4.69) is 27.1 Å². The number of hydrogen-bond acceptors (Lipinski definition) is 5. The number of carbonyl (C=O) groups is 1. The largest absolute Gasteiger partial charge is 0.354 e. The monoisotopic (exact) mass is 394 g/mol. The number of hydrogen-bond donors (Lipinski definition) is 1. The molecule has 26 heavy (non-hydrogen) atoms. The highest BCUT2D eigenvalue weighted by atomic mass is 35.5. The van der Waals surface area contributed by atoms with Crippen molar-refractivity contribution in [3.63, 3.8) is 0 Å². The SMILES string of the molecule is C[C@H]1CCCCN1c1cc(SCC(=O)Nc2cc(F)ccc2Cl)ncn1. The second-order valence-corrected chi connectivity index (χ2v) is 7.62. The molecule has 3 rings (SSSR count). The smallest absolute Gasteiger partial charge is 0.234 e. The van der Waals surface area contributed by atoms with Gasteiger partial charge in [0.2, 0.25) is 5.91 Å². The molecule has 8 heteroatoms. The molecule has 0 bridgehead atoms. The molecular formula is C18H20ClFN4OS. The molecule has 1 aromatic carbocycles. The Morgan fingerprint density at radius 3 is 3.04 bits per heavy atom. The van der Waals surface area contributed by atoms with E-state index in [0.29, 0.717) is 11.1 Å². The van der Waals surface area contributed by atoms with Gasteiger partial charge in [0, 0.05) is 18.7 Å². The maximum atomic E-state index is 13.3. The fourth-order valence-electron chi connectivity index (χ4n) is 2.92. The van der Waals surface area contributed by atoms with Gasteiger partial charge in [-0.1, -0.05) is 23.4 Å². The number of thioether (sulfide) groups is 1. The van der Waals surface area contributed by atoms with Crippen LogP contribution in [0.25, 0.3) is 0 Å². The first-order chi connectivity index (χ1) is 12.5. The van der Waals surface area contributed by atoms with Crippen molar-refractivity contribution in [3.8, 4) is 0 Å². The van der Waals surface area contributed by atoms with E-state index in [-0.39, 0.29) is 17.3 Å². The standard InChI is InChI=1S/C18H20ClFN4OS/c1-12-4-2-3-7-24(12)16-9-18(22-11-21-16)26-10-17(25)23-15-8-13(20)5-6-14(15)19/h5-6,8-9,11-12H,2-4,7,10H2,1H3,(H,23,25)/t12-/m0/s1. The van der Waals surface area contributed by atoms with Crippen LogP contribution >= 0.6 is 23.4 Å². The molecule has 1 saturated heterocycles. The van der Waals surface area contributed by atoms with E-state index in [1.807, 2.05) is 6.07 Å². The third-order valence-corrected chi connectivity index (χ3v) is 5.53. The Morgan fingerprint density at radius 2 is 2.23 bits per heavy atom. The highest BCUT2D eigenvalue weighted by Crippen LogP contribution is 2.26. The zero-order valence-corrected chi connectivity index (χ0v) is 16.0. The molecule has 1 aliphatic heterocycles. The quantitative estimate of drug-likeness (QED) is 0.602. The molecule has 1 N–H and O–H groups in total. The van der Waals surface area contributed by atoms with Crippen molar-refractivity contribution >= 4 is 40.8 Å². The van der Waals surface area contributed by atoms with E-state index in [1.165, 1.54) is 42.7 Å². The second-order valence-electron chi connectivity index (χ2n) is 6.21. The van der Waals surface area contributed by atoms with Gasteiger partial charge in [-0.25, -0.2) is 14.4 Å². The minimum atomic E-state index is -0.451. The van der Waals surface area contributed by atoms with Gasteiger partial charge in [0.1, 0.15) is 23.0 Å². The van der Waals surface area contributed by atoms with E-state index < -0.39 is 5.82 Å². The molecule has 0 radical (unpaired) electrons. The first-order valence-electron chi connectivity index (χ1n) is 8.49. The number of piperidine rings is 1. The molecule has 138 valence electrons. The van der Waals surface area contributed by atoms with Gasteiger partial charge < -0.3 is 10.2 Å². The van der Waals surface area contributed by atoms with Gasteiger partial charge in [-0.3, -0.25) is 4.79 Å². The number of nitrogens with one attached hydrogen (secondary N) is 1. The highest BCUT2D eigenvalue weighted by Gasteiger charge is 2.20. The Bertz CT molecular complexity index is 792. The Hall–Kier alpha value is -1.86. The van der Waals surface area contributed by atoms with Gasteiger partial charge in [0.05, 0.1) is 16.5 Å². The third kappa shape index (κ3) is 4.86. The molecule has 1 atom stereocenters. The molecule has 2 heterocycles. The van der Waals surface area contributed by atoms with Crippen LogP contribution in [0.5, 0.6) is 0 Å². The summed E-state index contributed by atoms with van der Waals surface area (Å²) in [5.74, 6) is 0.324. The van der Waals surface area contributed by atoms with E-state index in [1.54, 1.807) is 0 Å². The number of anilines is 2. The van der Waals surface area contributed by atoms with Gasteiger partial charge in [0.25, 0.3) is 0 Å². The van der Waals surface area contributed by atoms with Gasteiger partial charge in [-0.2, -0.15) is 0 Å². The van der Waals surface area contributed by atoms with Crippen LogP contribution in [0.3, 0.4) is 0 Å². The zero-order valence-electron chi connectivity index (χ0n) is 14.4. The van der Waals surface area contributed by atoms with E-state index in [9.17, 15) is 9.18 Å². The Morgan fingerprint density at radius 1 is 1.38 bits per heavy atom. The van der Waals surface area contributed by atoms with Crippen LogP contribution in [0.15, 0.2) is 35.6 Å². The maximum Gasteiger partial charge on any atom is 0.234 e. The molecule has 1 amide bonds.